The average Bonchev–Trinajstić information content (AvgIpc) is 3.43. The van der Waals surface area contributed by atoms with Crippen LogP contribution in [0.1, 0.15) is 15.9 Å². The second-order valence-electron chi connectivity index (χ2n) is 15.9. The molecule has 0 aliphatic rings. The first kappa shape index (κ1) is 54.8. The average molecular weight is 1090 g/mol. The summed E-state index contributed by atoms with van der Waals surface area (Å²) in [6.45, 7) is 0. The van der Waals surface area contributed by atoms with Gasteiger partial charge in [-0.15, -0.1) is 21.9 Å². The molecule has 0 saturated heterocycles. The van der Waals surface area contributed by atoms with Crippen molar-refractivity contribution in [2.75, 3.05) is 6.16 Å². The summed E-state index contributed by atoms with van der Waals surface area (Å²) < 4.78 is 294. The lowest BCUT2D eigenvalue weighted by Gasteiger charge is -2.44. The molecule has 0 aromatic heterocycles. The van der Waals surface area contributed by atoms with Crippen LogP contribution in [0.4, 0.5) is 87.8 Å². The highest BCUT2D eigenvalue weighted by atomic mass is 31.2. The van der Waals surface area contributed by atoms with Crippen LogP contribution in [0.5, 0.6) is 0 Å². The van der Waals surface area contributed by atoms with E-state index in [0.29, 0.717) is 17.3 Å². The van der Waals surface area contributed by atoms with E-state index >= 15 is 35.1 Å². The highest BCUT2D eigenvalue weighted by molar-refractivity contribution is 7.96. The minimum atomic E-state index is -7.22. The molecule has 0 amide bonds. The maximum Gasteiger partial charge on any atom is 0.202 e. The number of nitrogens with zero attached hydrogens (tertiary/aromatic N) is 1. The molecule has 8 rings (SSSR count). The molecule has 0 aliphatic carbocycles. The lowest BCUT2D eigenvalue weighted by molar-refractivity contribution is 0.102. The van der Waals surface area contributed by atoms with Gasteiger partial charge in [0.2, 0.25) is 5.78 Å². The maximum atomic E-state index is 15.4. The molecule has 0 fully saturated rings. The number of benzene rings is 8. The molecule has 0 saturated carbocycles. The third-order valence-corrected chi connectivity index (χ3v) is 16.3. The number of nitriles is 1. The first-order chi connectivity index (χ1) is 35.5. The summed E-state index contributed by atoms with van der Waals surface area (Å²) >= 11 is 0. The molecule has 0 N–H and O–H groups in total. The van der Waals surface area contributed by atoms with Gasteiger partial charge < -0.3 is 0 Å². The Labute approximate surface area is 409 Å². The van der Waals surface area contributed by atoms with E-state index in [0.717, 1.165) is 15.9 Å². The predicted molar refractivity (Wildman–Crippen MR) is 235 cm³/mol. The standard InChI is InChI=1S/C27H21NOP.C24BF20/c28-20-22-12-10-11-19-26(22)27(29)21-30(23-13-4-1-5-14-23,24-15-6-2-7-16-24)25-17-8-3-9-18-25;26-5-1(6(27)14(35)21(42)13(5)34)25(2-7(28)15(36)22(43)16(37)8(2)29,3-9(30)17(38)23(44)18(39)10(3)31)4-11(32)19(40)24(45)20(41)12(4)33/h1-19H,21H2;/q+1;-1. The first-order valence-electron chi connectivity index (χ1n) is 20.8. The summed E-state index contributed by atoms with van der Waals surface area (Å²) in [7, 11) is -2.26. The Morgan fingerprint density at radius 2 is 0.547 bits per heavy atom. The monoisotopic (exact) mass is 1090 g/mol. The summed E-state index contributed by atoms with van der Waals surface area (Å²) in [5, 5.41) is 13.0. The Bertz CT molecular complexity index is 3140. The molecule has 0 heterocycles. The molecule has 2 nitrogen and oxygen atoms in total. The fourth-order valence-electron chi connectivity index (χ4n) is 8.77. The fourth-order valence-corrected chi connectivity index (χ4v) is 12.9. The van der Waals surface area contributed by atoms with Crippen molar-refractivity contribution in [3.8, 4) is 6.07 Å². The molecule has 75 heavy (non-hydrogen) atoms. The van der Waals surface area contributed by atoms with Gasteiger partial charge in [-0.1, -0.05) is 66.7 Å². The maximum absolute atomic E-state index is 15.4. The van der Waals surface area contributed by atoms with Crippen molar-refractivity contribution in [2.45, 2.75) is 0 Å². The number of carbonyl (C=O) groups is 1. The van der Waals surface area contributed by atoms with Crippen molar-refractivity contribution in [1.29, 1.82) is 5.26 Å². The molecule has 0 aliphatic heterocycles. The minimum absolute atomic E-state index is 0.00274. The number of rotatable bonds is 10. The zero-order valence-electron chi connectivity index (χ0n) is 36.6. The Morgan fingerprint density at radius 1 is 0.333 bits per heavy atom. The minimum Gasteiger partial charge on any atom is -0.290 e. The van der Waals surface area contributed by atoms with Crippen LogP contribution in [0.3, 0.4) is 0 Å². The van der Waals surface area contributed by atoms with Crippen LogP contribution in [0.2, 0.25) is 0 Å². The van der Waals surface area contributed by atoms with Gasteiger partial charge in [0.1, 0.15) is 82.0 Å². The summed E-state index contributed by atoms with van der Waals surface area (Å²) in [6, 6.07) is 40.2. The van der Waals surface area contributed by atoms with E-state index in [1.54, 1.807) is 18.2 Å². The molecule has 0 atom stereocenters. The number of hydrogen-bond donors (Lipinski definition) is 0. The second-order valence-corrected chi connectivity index (χ2v) is 19.3. The van der Waals surface area contributed by atoms with E-state index in [9.17, 15) is 62.7 Å². The molecule has 8 aromatic carbocycles. The zero-order chi connectivity index (χ0) is 55.2. The summed E-state index contributed by atoms with van der Waals surface area (Å²) in [4.78, 5) is 13.6. The highest BCUT2D eigenvalue weighted by Crippen LogP contribution is 2.55. The molecular weight excluding hydrogens is 1060 g/mol. The van der Waals surface area contributed by atoms with Gasteiger partial charge in [-0.25, -0.2) is 87.8 Å². The smallest absolute Gasteiger partial charge is 0.202 e. The number of ketones is 1. The SMILES string of the molecule is Fc1c(F)c(F)c([B-](c2c(F)c(F)c(F)c(F)c2F)(c2c(F)c(F)c(F)c(F)c2F)c2c(F)c(F)c(F)c(F)c2F)c(F)c1F.N#Cc1ccccc1C(=O)C[P+](c1ccccc1)(c1ccccc1)c1ccccc1. The lowest BCUT2D eigenvalue weighted by Crippen LogP contribution is -2.81. The number of hydrogen-bond acceptors (Lipinski definition) is 2. The molecule has 0 spiro atoms. The normalized spacial score (nSPS) is 11.6. The van der Waals surface area contributed by atoms with Gasteiger partial charge in [-0.2, -0.15) is 5.26 Å². The van der Waals surface area contributed by atoms with E-state index in [-0.39, 0.29) is 5.78 Å². The first-order valence-corrected chi connectivity index (χ1v) is 22.7. The lowest BCUT2D eigenvalue weighted by atomic mass is 9.12. The summed E-state index contributed by atoms with van der Waals surface area (Å²) in [6.07, 6.45) is -6.88. The van der Waals surface area contributed by atoms with Crippen molar-refractivity contribution in [3.05, 3.63) is 243 Å². The van der Waals surface area contributed by atoms with E-state index in [1.807, 2.05) is 60.7 Å². The van der Waals surface area contributed by atoms with E-state index in [4.69, 9.17) is 0 Å². The number of carbonyl (C=O) groups excluding carboxylic acids is 1. The van der Waals surface area contributed by atoms with Gasteiger partial charge in [0.25, 0.3) is 0 Å². The van der Waals surface area contributed by atoms with Crippen LogP contribution >= 0.6 is 7.26 Å². The van der Waals surface area contributed by atoms with Crippen LogP contribution in [-0.4, -0.2) is 18.1 Å². The van der Waals surface area contributed by atoms with Gasteiger partial charge >= 0.3 is 0 Å². The van der Waals surface area contributed by atoms with Gasteiger partial charge in [0.05, 0.1) is 11.6 Å². The third-order valence-electron chi connectivity index (χ3n) is 12.0. The second kappa shape index (κ2) is 21.1. The molecule has 24 heteroatoms. The van der Waals surface area contributed by atoms with Crippen molar-refractivity contribution < 1.29 is 92.6 Å². The molecule has 0 radical (unpaired) electrons. The van der Waals surface area contributed by atoms with Gasteiger partial charge in [-0.3, -0.25) is 4.79 Å². The van der Waals surface area contributed by atoms with Gasteiger partial charge in [0, 0.05) is 5.56 Å². The van der Waals surface area contributed by atoms with Crippen molar-refractivity contribution in [1.82, 2.24) is 0 Å². The van der Waals surface area contributed by atoms with Crippen LogP contribution < -0.4 is 37.8 Å². The largest absolute Gasteiger partial charge is 0.290 e. The number of halogens is 20. The Kier molecular flexibility index (Phi) is 15.4. The zero-order valence-corrected chi connectivity index (χ0v) is 37.5. The molecule has 0 unspecified atom stereocenters. The third kappa shape index (κ3) is 8.73. The van der Waals surface area contributed by atoms with Crippen LogP contribution in [0, 0.1) is 128 Å². The van der Waals surface area contributed by atoms with Gasteiger partial charge in [0.15, 0.2) is 69.8 Å². The highest BCUT2D eigenvalue weighted by Gasteiger charge is 2.53. The quantitative estimate of drug-likeness (QED) is 0.0342. The van der Waals surface area contributed by atoms with E-state index in [1.165, 1.54) is 0 Å². The Morgan fingerprint density at radius 3 is 0.787 bits per heavy atom. The Balaban J connectivity index is 0.000000236. The molecule has 0 bridgehead atoms. The van der Waals surface area contributed by atoms with Crippen molar-refractivity contribution in [3.63, 3.8) is 0 Å². The van der Waals surface area contributed by atoms with Crippen LogP contribution in [0.25, 0.3) is 0 Å². The van der Waals surface area contributed by atoms with Crippen LogP contribution in [-0.2, 0) is 0 Å². The van der Waals surface area contributed by atoms with Crippen molar-refractivity contribution in [2.24, 2.45) is 0 Å². The van der Waals surface area contributed by atoms with Gasteiger partial charge in [-0.05, 0) is 48.5 Å². The molecular formula is C51H21BF20NOP. The van der Waals surface area contributed by atoms with E-state index < -0.39 is 152 Å². The topological polar surface area (TPSA) is 40.9 Å². The predicted octanol–water partition coefficient (Wildman–Crippen LogP) is 10.6. The number of Topliss-reactive ketones (excluding diaryl/α,β-unsaturated/α-hetero) is 1. The Hall–Kier alpha value is -7.99. The summed E-state index contributed by atoms with van der Waals surface area (Å²) in [5.41, 5.74) is -13.4. The van der Waals surface area contributed by atoms with Crippen molar-refractivity contribution >= 4 is 57.0 Å². The fraction of sp³-hybridized carbons (Fsp3) is 0.0196. The van der Waals surface area contributed by atoms with E-state index in [2.05, 4.69) is 42.5 Å². The summed E-state index contributed by atoms with van der Waals surface area (Å²) in [5.74, 6) is -71.4. The molecule has 384 valence electrons. The van der Waals surface area contributed by atoms with Crippen LogP contribution in [0.15, 0.2) is 115 Å². The molecule has 8 aromatic rings.